The van der Waals surface area contributed by atoms with Gasteiger partial charge in [0.25, 0.3) is 0 Å². The highest BCUT2D eigenvalue weighted by Gasteiger charge is 2.16. The van der Waals surface area contributed by atoms with Crippen molar-refractivity contribution in [1.29, 1.82) is 0 Å². The SMILES string of the molecule is [CH2]C(N)(CCCCCC)CCCCCC. The third-order valence-electron chi connectivity index (χ3n) is 3.06. The second kappa shape index (κ2) is 9.21. The van der Waals surface area contributed by atoms with Gasteiger partial charge in [0.15, 0.2) is 0 Å². The molecule has 2 N–H and O–H groups in total. The van der Waals surface area contributed by atoms with Crippen LogP contribution in [-0.2, 0) is 0 Å². The first kappa shape index (κ1) is 15.0. The van der Waals surface area contributed by atoms with Crippen molar-refractivity contribution in [2.24, 2.45) is 5.73 Å². The summed E-state index contributed by atoms with van der Waals surface area (Å²) in [5.41, 5.74) is 6.02. The standard InChI is InChI=1S/C14H30N/c1-4-6-8-10-12-14(3,15)13-11-9-7-5-2/h3-13,15H2,1-2H3. The summed E-state index contributed by atoms with van der Waals surface area (Å²) in [4.78, 5) is 0. The summed E-state index contributed by atoms with van der Waals surface area (Å²) >= 11 is 0. The molecule has 0 aromatic carbocycles. The molecular formula is C14H30N. The molecule has 91 valence electrons. The Hall–Kier alpha value is -0.0400. The number of hydrogen-bond donors (Lipinski definition) is 1. The van der Waals surface area contributed by atoms with Gasteiger partial charge in [0.2, 0.25) is 0 Å². The second-order valence-electron chi connectivity index (χ2n) is 4.98. The Bertz CT molecular complexity index is 115. The Morgan fingerprint density at radius 1 is 0.800 bits per heavy atom. The normalized spacial score (nSPS) is 12.0. The van der Waals surface area contributed by atoms with Gasteiger partial charge >= 0.3 is 0 Å². The molecule has 1 nitrogen and oxygen atoms in total. The van der Waals surface area contributed by atoms with Crippen LogP contribution in [0.4, 0.5) is 0 Å². The fraction of sp³-hybridized carbons (Fsp3) is 0.929. The highest BCUT2D eigenvalue weighted by molar-refractivity contribution is 4.86. The number of hydrogen-bond acceptors (Lipinski definition) is 1. The molecule has 0 saturated carbocycles. The van der Waals surface area contributed by atoms with E-state index in [1.807, 2.05) is 0 Å². The van der Waals surface area contributed by atoms with Crippen LogP contribution in [0.1, 0.15) is 78.1 Å². The van der Waals surface area contributed by atoms with Crippen molar-refractivity contribution in [3.05, 3.63) is 6.92 Å². The maximum absolute atomic E-state index is 6.17. The summed E-state index contributed by atoms with van der Waals surface area (Å²) in [6.45, 7) is 8.62. The molecule has 0 atom stereocenters. The molecule has 0 aliphatic rings. The van der Waals surface area contributed by atoms with E-state index < -0.39 is 0 Å². The Labute approximate surface area is 96.8 Å². The smallest absolute Gasteiger partial charge is 0.0155 e. The summed E-state index contributed by atoms with van der Waals surface area (Å²) in [6, 6.07) is 0. The fourth-order valence-electron chi connectivity index (χ4n) is 1.93. The number of unbranched alkanes of at least 4 members (excludes halogenated alkanes) is 6. The third kappa shape index (κ3) is 10.2. The van der Waals surface area contributed by atoms with Gasteiger partial charge in [-0.25, -0.2) is 0 Å². The van der Waals surface area contributed by atoms with Crippen molar-refractivity contribution in [2.75, 3.05) is 0 Å². The largest absolute Gasteiger partial charge is 0.325 e. The van der Waals surface area contributed by atoms with Crippen LogP contribution in [0, 0.1) is 6.92 Å². The van der Waals surface area contributed by atoms with E-state index in [0.29, 0.717) is 0 Å². The van der Waals surface area contributed by atoms with Gasteiger partial charge in [-0.15, -0.1) is 0 Å². The highest BCUT2D eigenvalue weighted by atomic mass is 14.7. The zero-order valence-corrected chi connectivity index (χ0v) is 10.9. The molecule has 0 aliphatic carbocycles. The van der Waals surface area contributed by atoms with Crippen LogP contribution >= 0.6 is 0 Å². The first-order chi connectivity index (χ1) is 7.12. The van der Waals surface area contributed by atoms with Crippen LogP contribution in [0.25, 0.3) is 0 Å². The molecule has 0 amide bonds. The van der Waals surface area contributed by atoms with Crippen LogP contribution in [0.5, 0.6) is 0 Å². The van der Waals surface area contributed by atoms with Gasteiger partial charge in [-0.2, -0.15) is 0 Å². The average molecular weight is 212 g/mol. The summed E-state index contributed by atoms with van der Waals surface area (Å²) in [7, 11) is 0. The van der Waals surface area contributed by atoms with Crippen LogP contribution in [0.3, 0.4) is 0 Å². The van der Waals surface area contributed by atoms with E-state index in [2.05, 4.69) is 20.8 Å². The molecule has 0 heterocycles. The van der Waals surface area contributed by atoms with E-state index in [1.54, 1.807) is 0 Å². The lowest BCUT2D eigenvalue weighted by Gasteiger charge is -2.24. The maximum atomic E-state index is 6.17. The molecule has 1 radical (unpaired) electrons. The quantitative estimate of drug-likeness (QED) is 0.532. The van der Waals surface area contributed by atoms with E-state index in [4.69, 9.17) is 5.73 Å². The van der Waals surface area contributed by atoms with Gasteiger partial charge in [0.05, 0.1) is 0 Å². The van der Waals surface area contributed by atoms with Crippen molar-refractivity contribution in [3.63, 3.8) is 0 Å². The van der Waals surface area contributed by atoms with E-state index >= 15 is 0 Å². The Balaban J connectivity index is 3.40. The first-order valence-electron chi connectivity index (χ1n) is 6.76. The average Bonchev–Trinajstić information content (AvgIpc) is 2.20. The summed E-state index contributed by atoms with van der Waals surface area (Å²) in [5.74, 6) is 0. The lowest BCUT2D eigenvalue weighted by Crippen LogP contribution is -2.36. The summed E-state index contributed by atoms with van der Waals surface area (Å²) in [6.07, 6.45) is 12.6. The van der Waals surface area contributed by atoms with Crippen molar-refractivity contribution in [1.82, 2.24) is 0 Å². The molecule has 0 saturated heterocycles. The van der Waals surface area contributed by atoms with Crippen LogP contribution in [0.2, 0.25) is 0 Å². The molecular weight excluding hydrogens is 182 g/mol. The van der Waals surface area contributed by atoms with Crippen molar-refractivity contribution < 1.29 is 0 Å². The molecule has 15 heavy (non-hydrogen) atoms. The molecule has 0 bridgehead atoms. The third-order valence-corrected chi connectivity index (χ3v) is 3.06. The monoisotopic (exact) mass is 212 g/mol. The van der Waals surface area contributed by atoms with E-state index in [9.17, 15) is 0 Å². The maximum Gasteiger partial charge on any atom is 0.0155 e. The molecule has 0 fully saturated rings. The zero-order valence-electron chi connectivity index (χ0n) is 10.9. The van der Waals surface area contributed by atoms with Crippen molar-refractivity contribution in [2.45, 2.75) is 83.6 Å². The minimum absolute atomic E-state index is 0.151. The highest BCUT2D eigenvalue weighted by Crippen LogP contribution is 2.19. The van der Waals surface area contributed by atoms with Crippen LogP contribution in [0.15, 0.2) is 0 Å². The lowest BCUT2D eigenvalue weighted by molar-refractivity contribution is 0.403. The molecule has 0 aromatic rings. The summed E-state index contributed by atoms with van der Waals surface area (Å²) < 4.78 is 0. The van der Waals surface area contributed by atoms with Crippen molar-refractivity contribution >= 4 is 0 Å². The number of rotatable bonds is 10. The van der Waals surface area contributed by atoms with Gasteiger partial charge in [-0.05, 0) is 19.8 Å². The molecule has 0 aliphatic heterocycles. The lowest BCUT2D eigenvalue weighted by atomic mass is 9.89. The predicted octanol–water partition coefficient (Wildman–Crippen LogP) is 4.46. The molecule has 0 rings (SSSR count). The zero-order chi connectivity index (χ0) is 11.6. The minimum Gasteiger partial charge on any atom is -0.325 e. The number of nitrogens with two attached hydrogens (primary N) is 1. The van der Waals surface area contributed by atoms with Gasteiger partial charge in [-0.1, -0.05) is 65.2 Å². The Morgan fingerprint density at radius 3 is 1.53 bits per heavy atom. The van der Waals surface area contributed by atoms with Gasteiger partial charge in [0.1, 0.15) is 0 Å². The van der Waals surface area contributed by atoms with Gasteiger partial charge < -0.3 is 5.73 Å². The van der Waals surface area contributed by atoms with E-state index in [-0.39, 0.29) is 5.54 Å². The summed E-state index contributed by atoms with van der Waals surface area (Å²) in [5, 5.41) is 0. The van der Waals surface area contributed by atoms with E-state index in [0.717, 1.165) is 12.8 Å². The predicted molar refractivity (Wildman–Crippen MR) is 69.8 cm³/mol. The van der Waals surface area contributed by atoms with Crippen LogP contribution in [-0.4, -0.2) is 5.54 Å². The Morgan fingerprint density at radius 2 is 1.20 bits per heavy atom. The molecule has 1 heteroatoms. The van der Waals surface area contributed by atoms with Crippen molar-refractivity contribution in [3.8, 4) is 0 Å². The van der Waals surface area contributed by atoms with E-state index in [1.165, 1.54) is 51.4 Å². The Kier molecular flexibility index (Phi) is 9.18. The molecule has 0 aromatic heterocycles. The second-order valence-corrected chi connectivity index (χ2v) is 4.98. The molecule has 0 spiro atoms. The van der Waals surface area contributed by atoms with Crippen LogP contribution < -0.4 is 5.73 Å². The minimum atomic E-state index is -0.151. The van der Waals surface area contributed by atoms with Gasteiger partial charge in [0, 0.05) is 5.54 Å². The molecule has 0 unspecified atom stereocenters. The fourth-order valence-corrected chi connectivity index (χ4v) is 1.93. The first-order valence-corrected chi connectivity index (χ1v) is 6.76. The van der Waals surface area contributed by atoms with Gasteiger partial charge in [-0.3, -0.25) is 0 Å². The topological polar surface area (TPSA) is 26.0 Å².